The Hall–Kier alpha value is -2.41. The third-order valence-corrected chi connectivity index (χ3v) is 4.85. The standard InChI is InChI=1S/C16H21N7/c17-15-13(10-20-16(18)21-15)11-1-2-14(19-9-11)23-8-7-22-5-3-12(23)4-6-22/h1-2,9-10,12H,3-8H2,(H4,17,18,20,21). The van der Waals surface area contributed by atoms with E-state index in [0.29, 0.717) is 11.9 Å². The molecule has 0 radical (unpaired) electrons. The van der Waals surface area contributed by atoms with Gasteiger partial charge in [0.2, 0.25) is 5.95 Å². The van der Waals surface area contributed by atoms with Gasteiger partial charge in [-0.1, -0.05) is 0 Å². The third kappa shape index (κ3) is 2.68. The molecule has 3 aliphatic rings. The molecule has 3 saturated heterocycles. The third-order valence-electron chi connectivity index (χ3n) is 4.85. The van der Waals surface area contributed by atoms with Crippen LogP contribution in [0.3, 0.4) is 0 Å². The second-order valence-corrected chi connectivity index (χ2v) is 6.20. The monoisotopic (exact) mass is 311 g/mol. The molecular weight excluding hydrogens is 290 g/mol. The molecule has 0 spiro atoms. The van der Waals surface area contributed by atoms with Gasteiger partial charge in [-0.3, -0.25) is 0 Å². The fraction of sp³-hybridized carbons (Fsp3) is 0.438. The minimum Gasteiger partial charge on any atom is -0.383 e. The van der Waals surface area contributed by atoms with Crippen LogP contribution in [0.5, 0.6) is 0 Å². The van der Waals surface area contributed by atoms with Gasteiger partial charge in [-0.2, -0.15) is 4.98 Å². The Morgan fingerprint density at radius 1 is 0.957 bits per heavy atom. The molecule has 0 aromatic carbocycles. The highest BCUT2D eigenvalue weighted by atomic mass is 15.3. The second kappa shape index (κ2) is 5.66. The summed E-state index contributed by atoms with van der Waals surface area (Å²) in [5, 5.41) is 0. The van der Waals surface area contributed by atoms with E-state index in [-0.39, 0.29) is 5.95 Å². The summed E-state index contributed by atoms with van der Waals surface area (Å²) in [6.07, 6.45) is 5.94. The normalized spacial score (nSPS) is 23.7. The average molecular weight is 311 g/mol. The molecular formula is C16H21N7. The Labute approximate surface area is 135 Å². The lowest BCUT2D eigenvalue weighted by molar-refractivity contribution is 0.250. The largest absolute Gasteiger partial charge is 0.383 e. The van der Waals surface area contributed by atoms with Crippen LogP contribution >= 0.6 is 0 Å². The van der Waals surface area contributed by atoms with Crippen molar-refractivity contribution in [3.63, 3.8) is 0 Å². The summed E-state index contributed by atoms with van der Waals surface area (Å²) >= 11 is 0. The minimum atomic E-state index is 0.186. The van der Waals surface area contributed by atoms with Gasteiger partial charge in [-0.05, 0) is 25.0 Å². The molecule has 120 valence electrons. The summed E-state index contributed by atoms with van der Waals surface area (Å²) < 4.78 is 0. The Morgan fingerprint density at radius 3 is 2.48 bits per heavy atom. The van der Waals surface area contributed by atoms with Gasteiger partial charge >= 0.3 is 0 Å². The fourth-order valence-corrected chi connectivity index (χ4v) is 3.53. The molecule has 0 aliphatic carbocycles. The van der Waals surface area contributed by atoms with Crippen LogP contribution in [0.4, 0.5) is 17.6 Å². The molecule has 0 saturated carbocycles. The molecule has 3 fully saturated rings. The molecule has 2 aromatic rings. The molecule has 5 heterocycles. The fourth-order valence-electron chi connectivity index (χ4n) is 3.53. The molecule has 4 N–H and O–H groups in total. The van der Waals surface area contributed by atoms with Gasteiger partial charge < -0.3 is 21.3 Å². The maximum atomic E-state index is 5.93. The first kappa shape index (κ1) is 14.2. The predicted molar refractivity (Wildman–Crippen MR) is 90.9 cm³/mol. The lowest BCUT2D eigenvalue weighted by Gasteiger charge is -2.32. The van der Waals surface area contributed by atoms with E-state index >= 15 is 0 Å². The van der Waals surface area contributed by atoms with E-state index in [1.807, 2.05) is 12.3 Å². The van der Waals surface area contributed by atoms with E-state index in [9.17, 15) is 0 Å². The topological polar surface area (TPSA) is 97.2 Å². The maximum absolute atomic E-state index is 5.93. The summed E-state index contributed by atoms with van der Waals surface area (Å²) in [5.74, 6) is 1.61. The molecule has 23 heavy (non-hydrogen) atoms. The predicted octanol–water partition coefficient (Wildman–Crippen LogP) is 0.987. The number of rotatable bonds is 2. The van der Waals surface area contributed by atoms with Crippen LogP contribution in [-0.4, -0.2) is 52.1 Å². The van der Waals surface area contributed by atoms with Gasteiger partial charge in [0.05, 0.1) is 0 Å². The summed E-state index contributed by atoms with van der Waals surface area (Å²) in [6.45, 7) is 4.58. The SMILES string of the molecule is Nc1ncc(-c2ccc(N3CCN4CCC3CC4)nc2)c(N)n1. The summed E-state index contributed by atoms with van der Waals surface area (Å²) in [7, 11) is 0. The van der Waals surface area contributed by atoms with Crippen molar-refractivity contribution in [2.45, 2.75) is 18.9 Å². The summed E-state index contributed by atoms with van der Waals surface area (Å²) in [4.78, 5) is 17.7. The first-order valence-corrected chi connectivity index (χ1v) is 8.04. The van der Waals surface area contributed by atoms with Crippen molar-refractivity contribution in [2.24, 2.45) is 0 Å². The van der Waals surface area contributed by atoms with Crippen molar-refractivity contribution in [2.75, 3.05) is 42.5 Å². The molecule has 2 aromatic heterocycles. The zero-order valence-electron chi connectivity index (χ0n) is 13.0. The average Bonchev–Trinajstić information content (AvgIpc) is 2.89. The van der Waals surface area contributed by atoms with Crippen molar-refractivity contribution in [1.29, 1.82) is 0 Å². The van der Waals surface area contributed by atoms with Crippen molar-refractivity contribution >= 4 is 17.6 Å². The van der Waals surface area contributed by atoms with Crippen LogP contribution in [-0.2, 0) is 0 Å². The Morgan fingerprint density at radius 2 is 1.78 bits per heavy atom. The zero-order chi connectivity index (χ0) is 15.8. The molecule has 2 bridgehead atoms. The van der Waals surface area contributed by atoms with Gasteiger partial charge in [-0.15, -0.1) is 0 Å². The number of piperidine rings is 1. The number of pyridine rings is 1. The molecule has 0 atom stereocenters. The van der Waals surface area contributed by atoms with Gasteiger partial charge in [-0.25, -0.2) is 9.97 Å². The first-order chi connectivity index (χ1) is 11.2. The van der Waals surface area contributed by atoms with E-state index in [2.05, 4.69) is 30.8 Å². The van der Waals surface area contributed by atoms with Crippen molar-refractivity contribution in [1.82, 2.24) is 19.9 Å². The number of nitrogens with two attached hydrogens (primary N) is 2. The Kier molecular flexibility index (Phi) is 3.49. The molecule has 7 heteroatoms. The van der Waals surface area contributed by atoms with Gasteiger partial charge in [0.15, 0.2) is 0 Å². The molecule has 0 amide bonds. The number of nitrogens with zero attached hydrogens (tertiary/aromatic N) is 5. The lowest BCUT2D eigenvalue weighted by atomic mass is 10.1. The number of fused-ring (bicyclic) bond motifs is 4. The maximum Gasteiger partial charge on any atom is 0.221 e. The van der Waals surface area contributed by atoms with Crippen LogP contribution in [0, 0.1) is 0 Å². The quantitative estimate of drug-likeness (QED) is 0.853. The number of hydrogen-bond donors (Lipinski definition) is 2. The number of nitrogen functional groups attached to an aromatic ring is 2. The highest BCUT2D eigenvalue weighted by Gasteiger charge is 2.29. The second-order valence-electron chi connectivity index (χ2n) is 6.20. The van der Waals surface area contributed by atoms with E-state index in [1.165, 1.54) is 25.9 Å². The molecule has 3 aliphatic heterocycles. The number of anilines is 3. The molecule has 0 unspecified atom stereocenters. The highest BCUT2D eigenvalue weighted by Crippen LogP contribution is 2.28. The Bertz CT molecular complexity index is 692. The van der Waals surface area contributed by atoms with Gasteiger partial charge in [0, 0.05) is 55.7 Å². The van der Waals surface area contributed by atoms with Crippen LogP contribution in [0.2, 0.25) is 0 Å². The highest BCUT2D eigenvalue weighted by molar-refractivity contribution is 5.73. The van der Waals surface area contributed by atoms with E-state index in [1.54, 1.807) is 6.20 Å². The van der Waals surface area contributed by atoms with Crippen LogP contribution < -0.4 is 16.4 Å². The van der Waals surface area contributed by atoms with Crippen LogP contribution in [0.25, 0.3) is 11.1 Å². The van der Waals surface area contributed by atoms with E-state index < -0.39 is 0 Å². The van der Waals surface area contributed by atoms with Crippen molar-refractivity contribution < 1.29 is 0 Å². The zero-order valence-corrected chi connectivity index (χ0v) is 13.0. The van der Waals surface area contributed by atoms with E-state index in [4.69, 9.17) is 11.5 Å². The van der Waals surface area contributed by atoms with Crippen molar-refractivity contribution in [3.05, 3.63) is 24.5 Å². The minimum absolute atomic E-state index is 0.186. The summed E-state index contributed by atoms with van der Waals surface area (Å²) in [6, 6.07) is 4.71. The van der Waals surface area contributed by atoms with Gasteiger partial charge in [0.25, 0.3) is 0 Å². The van der Waals surface area contributed by atoms with Crippen molar-refractivity contribution in [3.8, 4) is 11.1 Å². The lowest BCUT2D eigenvalue weighted by Crippen LogP contribution is -2.38. The van der Waals surface area contributed by atoms with E-state index in [0.717, 1.165) is 30.0 Å². The smallest absolute Gasteiger partial charge is 0.221 e. The number of hydrogen-bond acceptors (Lipinski definition) is 7. The van der Waals surface area contributed by atoms with Gasteiger partial charge in [0.1, 0.15) is 11.6 Å². The van der Waals surface area contributed by atoms with Crippen LogP contribution in [0.1, 0.15) is 12.8 Å². The Balaban J connectivity index is 1.60. The first-order valence-electron chi connectivity index (χ1n) is 8.04. The summed E-state index contributed by atoms with van der Waals surface area (Å²) in [5.41, 5.74) is 13.2. The van der Waals surface area contributed by atoms with Crippen LogP contribution in [0.15, 0.2) is 24.5 Å². The molecule has 7 nitrogen and oxygen atoms in total. The molecule has 5 rings (SSSR count). The number of aromatic nitrogens is 3.